The second-order valence-electron chi connectivity index (χ2n) is 4.84. The minimum Gasteiger partial charge on any atom is -0.375 e. The van der Waals surface area contributed by atoms with Gasteiger partial charge in [0.1, 0.15) is 24.5 Å². The third kappa shape index (κ3) is 5.55. The van der Waals surface area contributed by atoms with Crippen LogP contribution in [0.3, 0.4) is 0 Å². The summed E-state index contributed by atoms with van der Waals surface area (Å²) in [6, 6.07) is 0. The molecule has 0 N–H and O–H groups in total. The average Bonchev–Trinajstić information content (AvgIpc) is 3.39. The molecule has 2 heterocycles. The number of rotatable bonds is 13. The lowest BCUT2D eigenvalue weighted by Crippen LogP contribution is -2.56. The molecule has 8 nitrogen and oxygen atoms in total. The van der Waals surface area contributed by atoms with Crippen molar-refractivity contribution in [2.75, 3.05) is 54.4 Å². The lowest BCUT2D eigenvalue weighted by Gasteiger charge is -2.32. The molecule has 124 valence electrons. The van der Waals surface area contributed by atoms with Gasteiger partial charge in [-0.2, -0.15) is 0 Å². The Morgan fingerprint density at radius 2 is 1.52 bits per heavy atom. The molecule has 21 heavy (non-hydrogen) atoms. The molecule has 0 aromatic carbocycles. The first-order valence-electron chi connectivity index (χ1n) is 6.98. The third-order valence-electron chi connectivity index (χ3n) is 3.34. The van der Waals surface area contributed by atoms with E-state index in [0.29, 0.717) is 26.2 Å². The second-order valence-corrected chi connectivity index (χ2v) is 7.92. The monoisotopic (exact) mass is 324 g/mol. The predicted octanol–water partition coefficient (Wildman–Crippen LogP) is -0.0752. The van der Waals surface area contributed by atoms with Crippen LogP contribution in [0.25, 0.3) is 0 Å². The number of ether oxygens (including phenoxy) is 3. The molecule has 0 saturated carbocycles. The van der Waals surface area contributed by atoms with Gasteiger partial charge in [-0.3, -0.25) is 0 Å². The predicted molar refractivity (Wildman–Crippen MR) is 72.5 cm³/mol. The number of hydrogen-bond acceptors (Lipinski definition) is 8. The van der Waals surface area contributed by atoms with Gasteiger partial charge in [-0.05, 0) is 0 Å². The van der Waals surface area contributed by atoms with Crippen LogP contribution in [0.1, 0.15) is 6.42 Å². The normalized spacial score (nSPS) is 25.9. The van der Waals surface area contributed by atoms with Crippen molar-refractivity contribution < 1.29 is 37.3 Å². The van der Waals surface area contributed by atoms with Crippen molar-refractivity contribution in [1.29, 1.82) is 0 Å². The molecule has 0 aromatic heterocycles. The maximum Gasteiger partial charge on any atom is 0.530 e. The first-order chi connectivity index (χ1) is 10.2. The van der Waals surface area contributed by atoms with Gasteiger partial charge in [-0.1, -0.05) is 0 Å². The highest BCUT2D eigenvalue weighted by Gasteiger charge is 2.49. The molecule has 3 atom stereocenters. The number of hydrogen-bond donors (Lipinski definition) is 0. The molecule has 0 bridgehead atoms. The third-order valence-corrected chi connectivity index (χ3v) is 6.29. The Labute approximate surface area is 125 Å². The van der Waals surface area contributed by atoms with E-state index in [1.165, 1.54) is 0 Å². The molecule has 2 aliphatic heterocycles. The van der Waals surface area contributed by atoms with E-state index in [1.807, 2.05) is 0 Å². The van der Waals surface area contributed by atoms with E-state index in [4.69, 9.17) is 37.3 Å². The maximum absolute atomic E-state index is 5.85. The van der Waals surface area contributed by atoms with Crippen LogP contribution < -0.4 is 0 Å². The van der Waals surface area contributed by atoms with Crippen LogP contribution in [0.15, 0.2) is 0 Å². The molecule has 0 aromatic rings. The van der Waals surface area contributed by atoms with Crippen molar-refractivity contribution in [2.24, 2.45) is 0 Å². The molecule has 2 fully saturated rings. The quantitative estimate of drug-likeness (QED) is 0.153. The van der Waals surface area contributed by atoms with Gasteiger partial charge in [0.05, 0.1) is 26.4 Å². The molecule has 9 heteroatoms. The van der Waals surface area contributed by atoms with Crippen LogP contribution in [0.5, 0.6) is 0 Å². The fraction of sp³-hybridized carbons (Fsp3) is 1.00. The highest BCUT2D eigenvalue weighted by atomic mass is 28.4. The lowest BCUT2D eigenvalue weighted by atomic mass is 10.4. The van der Waals surface area contributed by atoms with Gasteiger partial charge in [-0.25, -0.2) is 9.78 Å². The van der Waals surface area contributed by atoms with Gasteiger partial charge in [0.2, 0.25) is 0 Å². The molecule has 2 rings (SSSR count). The molecule has 0 amide bonds. The Balaban J connectivity index is 1.74. The molecular formula is C12H24O8Si. The van der Waals surface area contributed by atoms with Crippen LogP contribution in [0, 0.1) is 0 Å². The Morgan fingerprint density at radius 3 is 2.05 bits per heavy atom. The Bertz CT molecular complexity index is 285. The summed E-state index contributed by atoms with van der Waals surface area (Å²) >= 11 is 0. The molecular weight excluding hydrogens is 300 g/mol. The van der Waals surface area contributed by atoms with Crippen molar-refractivity contribution >= 4 is 8.80 Å². The zero-order chi connectivity index (χ0) is 15.1. The van der Waals surface area contributed by atoms with Crippen molar-refractivity contribution in [3.63, 3.8) is 0 Å². The van der Waals surface area contributed by atoms with E-state index in [0.717, 1.165) is 13.2 Å². The van der Waals surface area contributed by atoms with Gasteiger partial charge in [-0.15, -0.1) is 0 Å². The van der Waals surface area contributed by atoms with Crippen molar-refractivity contribution in [2.45, 2.75) is 24.4 Å². The summed E-state index contributed by atoms with van der Waals surface area (Å²) in [5, 5.41) is 0. The summed E-state index contributed by atoms with van der Waals surface area (Å²) in [7, 11) is 1.79. The van der Waals surface area contributed by atoms with Gasteiger partial charge in [0.25, 0.3) is 0 Å². The number of epoxide rings is 2. The molecule has 3 unspecified atom stereocenters. The van der Waals surface area contributed by atoms with Gasteiger partial charge < -0.3 is 27.5 Å². The van der Waals surface area contributed by atoms with E-state index in [-0.39, 0.29) is 17.9 Å². The van der Waals surface area contributed by atoms with Crippen LogP contribution >= 0.6 is 0 Å². The van der Waals surface area contributed by atoms with E-state index < -0.39 is 8.80 Å². The summed E-state index contributed by atoms with van der Waals surface area (Å²) in [5.74, 6) is 0. The molecule has 0 spiro atoms. The van der Waals surface area contributed by atoms with Crippen molar-refractivity contribution in [3.05, 3.63) is 0 Å². The summed E-state index contributed by atoms with van der Waals surface area (Å²) in [4.78, 5) is 10.2. The lowest BCUT2D eigenvalue weighted by molar-refractivity contribution is -0.298. The summed E-state index contributed by atoms with van der Waals surface area (Å²) in [5.41, 5.74) is -0.331. The van der Waals surface area contributed by atoms with Gasteiger partial charge >= 0.3 is 8.80 Å². The fourth-order valence-corrected chi connectivity index (χ4v) is 3.96. The van der Waals surface area contributed by atoms with E-state index in [2.05, 4.69) is 0 Å². The zero-order valence-corrected chi connectivity index (χ0v) is 13.7. The first kappa shape index (κ1) is 17.3. The first-order valence-corrected chi connectivity index (χ1v) is 8.79. The maximum atomic E-state index is 5.85. The minimum atomic E-state index is -2.89. The van der Waals surface area contributed by atoms with Crippen LogP contribution in [0.4, 0.5) is 0 Å². The van der Waals surface area contributed by atoms with Crippen LogP contribution in [0.2, 0.25) is 0 Å². The van der Waals surface area contributed by atoms with Gasteiger partial charge in [0, 0.05) is 27.8 Å². The van der Waals surface area contributed by atoms with Crippen LogP contribution in [-0.4, -0.2) is 81.1 Å². The molecule has 2 aliphatic rings. The Kier molecular flexibility index (Phi) is 6.99. The van der Waals surface area contributed by atoms with E-state index >= 15 is 0 Å². The second kappa shape index (κ2) is 8.51. The fourth-order valence-electron chi connectivity index (χ4n) is 1.90. The van der Waals surface area contributed by atoms with Crippen molar-refractivity contribution in [1.82, 2.24) is 0 Å². The molecule has 0 radical (unpaired) electrons. The van der Waals surface area contributed by atoms with Crippen LogP contribution in [-0.2, 0) is 37.3 Å². The SMILES string of the molecule is CO[Si](OC)(OC)C(CCOOCC1CO1)OCC1CO1. The highest BCUT2D eigenvalue weighted by molar-refractivity contribution is 6.62. The largest absolute Gasteiger partial charge is 0.530 e. The summed E-state index contributed by atoms with van der Waals surface area (Å²) in [6.07, 6.45) is 0.878. The zero-order valence-electron chi connectivity index (χ0n) is 12.7. The molecule has 2 saturated heterocycles. The van der Waals surface area contributed by atoms with Crippen molar-refractivity contribution in [3.8, 4) is 0 Å². The van der Waals surface area contributed by atoms with E-state index in [9.17, 15) is 0 Å². The highest BCUT2D eigenvalue weighted by Crippen LogP contribution is 2.21. The Hall–Kier alpha value is -0.103. The Morgan fingerprint density at radius 1 is 0.952 bits per heavy atom. The summed E-state index contributed by atoms with van der Waals surface area (Å²) in [6.45, 7) is 2.77. The minimum absolute atomic E-state index is 0.161. The molecule has 0 aliphatic carbocycles. The smallest absolute Gasteiger partial charge is 0.375 e. The van der Waals surface area contributed by atoms with E-state index in [1.54, 1.807) is 21.3 Å². The summed E-state index contributed by atoms with van der Waals surface area (Å²) < 4.78 is 32.4. The topological polar surface area (TPSA) is 80.4 Å². The standard InChI is InChI=1S/C12H24O8Si/c1-13-21(14-2,15-3)12(18-8-10-6-16-10)4-5-19-20-9-11-7-17-11/h10-12H,4-9H2,1-3H3. The van der Waals surface area contributed by atoms with Gasteiger partial charge in [0.15, 0.2) is 0 Å². The average molecular weight is 324 g/mol.